The summed E-state index contributed by atoms with van der Waals surface area (Å²) < 4.78 is 6.22. The Kier molecular flexibility index (Phi) is 3.62. The van der Waals surface area contributed by atoms with E-state index in [-0.39, 0.29) is 11.5 Å². The minimum absolute atomic E-state index is 0.0868. The van der Waals surface area contributed by atoms with Gasteiger partial charge in [-0.3, -0.25) is 0 Å². The standard InChI is InChI=1S/C27H27NO/c1-27(2)21-10-5-3-8-18(21)19-15-14-17(16-22(19)27)28-23-11-7-13-25-26(23)20-9-4-6-12-24(20)29-25/h3,5-8,10-14,16,19-20,24,28H,4,9,15H2,1-2H3/t19?,20-,24?/m0/s1. The Morgan fingerprint density at radius 1 is 1.07 bits per heavy atom. The molecule has 1 aliphatic heterocycles. The van der Waals surface area contributed by atoms with Crippen LogP contribution in [0.4, 0.5) is 5.69 Å². The first-order chi connectivity index (χ1) is 14.1. The molecule has 146 valence electrons. The highest BCUT2D eigenvalue weighted by atomic mass is 16.5. The van der Waals surface area contributed by atoms with Gasteiger partial charge in [-0.15, -0.1) is 0 Å². The molecule has 1 N–H and O–H groups in total. The van der Waals surface area contributed by atoms with Crippen molar-refractivity contribution in [3.05, 3.63) is 94.7 Å². The van der Waals surface area contributed by atoms with E-state index in [1.165, 1.54) is 33.6 Å². The zero-order valence-electron chi connectivity index (χ0n) is 17.1. The molecular weight excluding hydrogens is 354 g/mol. The number of hydrogen-bond acceptors (Lipinski definition) is 2. The van der Waals surface area contributed by atoms with Crippen LogP contribution >= 0.6 is 0 Å². The van der Waals surface area contributed by atoms with Crippen LogP contribution in [-0.4, -0.2) is 6.10 Å². The molecule has 0 bridgehead atoms. The Bertz CT molecular complexity index is 1090. The van der Waals surface area contributed by atoms with Crippen LogP contribution in [0.1, 0.15) is 61.6 Å². The maximum Gasteiger partial charge on any atom is 0.125 e. The van der Waals surface area contributed by atoms with Gasteiger partial charge in [-0.25, -0.2) is 0 Å². The van der Waals surface area contributed by atoms with E-state index in [0.717, 1.165) is 25.0 Å². The van der Waals surface area contributed by atoms with Gasteiger partial charge in [-0.1, -0.05) is 61.9 Å². The molecule has 2 aromatic rings. The van der Waals surface area contributed by atoms with Crippen molar-refractivity contribution in [2.45, 2.75) is 56.5 Å². The molecule has 0 radical (unpaired) electrons. The van der Waals surface area contributed by atoms with Crippen molar-refractivity contribution in [3.63, 3.8) is 0 Å². The number of rotatable bonds is 2. The predicted octanol–water partition coefficient (Wildman–Crippen LogP) is 6.58. The van der Waals surface area contributed by atoms with Crippen molar-refractivity contribution in [3.8, 4) is 5.75 Å². The van der Waals surface area contributed by atoms with Crippen LogP contribution in [0.5, 0.6) is 5.75 Å². The van der Waals surface area contributed by atoms with Crippen molar-refractivity contribution in [2.24, 2.45) is 0 Å². The summed E-state index contributed by atoms with van der Waals surface area (Å²) in [4.78, 5) is 0. The number of fused-ring (bicyclic) bond motifs is 6. The Balaban J connectivity index is 1.34. The van der Waals surface area contributed by atoms with E-state index in [2.05, 4.69) is 85.9 Å². The fraction of sp³-hybridized carbons (Fsp3) is 0.333. The average Bonchev–Trinajstić information content (AvgIpc) is 3.23. The highest BCUT2D eigenvalue weighted by Gasteiger charge is 2.42. The van der Waals surface area contributed by atoms with Gasteiger partial charge in [0.15, 0.2) is 0 Å². The number of nitrogens with one attached hydrogen (secondary N) is 1. The number of hydrogen-bond donors (Lipinski definition) is 1. The molecule has 0 spiro atoms. The number of anilines is 1. The van der Waals surface area contributed by atoms with Gasteiger partial charge in [-0.2, -0.15) is 0 Å². The second-order valence-corrected chi connectivity index (χ2v) is 9.30. The third-order valence-corrected chi connectivity index (χ3v) is 7.34. The summed E-state index contributed by atoms with van der Waals surface area (Å²) in [7, 11) is 0. The summed E-state index contributed by atoms with van der Waals surface area (Å²) >= 11 is 0. The largest absolute Gasteiger partial charge is 0.485 e. The third kappa shape index (κ3) is 2.48. The van der Waals surface area contributed by atoms with Crippen LogP contribution in [-0.2, 0) is 5.41 Å². The number of ether oxygens (including phenoxy) is 1. The summed E-state index contributed by atoms with van der Waals surface area (Å²) in [6.07, 6.45) is 12.8. The highest BCUT2D eigenvalue weighted by Crippen LogP contribution is 2.53. The van der Waals surface area contributed by atoms with Crippen molar-refractivity contribution < 1.29 is 4.74 Å². The maximum absolute atomic E-state index is 6.22. The lowest BCUT2D eigenvalue weighted by atomic mass is 9.78. The lowest BCUT2D eigenvalue weighted by molar-refractivity contribution is 0.244. The van der Waals surface area contributed by atoms with Gasteiger partial charge < -0.3 is 10.1 Å². The van der Waals surface area contributed by atoms with E-state index < -0.39 is 0 Å². The molecule has 3 atom stereocenters. The van der Waals surface area contributed by atoms with Crippen LogP contribution in [0.25, 0.3) is 0 Å². The predicted molar refractivity (Wildman–Crippen MR) is 119 cm³/mol. The van der Waals surface area contributed by atoms with Crippen molar-refractivity contribution in [2.75, 3.05) is 5.32 Å². The zero-order chi connectivity index (χ0) is 19.6. The zero-order valence-corrected chi connectivity index (χ0v) is 17.1. The van der Waals surface area contributed by atoms with Crippen molar-refractivity contribution in [1.82, 2.24) is 0 Å². The summed E-state index contributed by atoms with van der Waals surface area (Å²) in [5.41, 5.74) is 8.40. The highest BCUT2D eigenvalue weighted by molar-refractivity contribution is 5.67. The van der Waals surface area contributed by atoms with Crippen LogP contribution < -0.4 is 10.1 Å². The van der Waals surface area contributed by atoms with Gasteiger partial charge in [0.05, 0.1) is 0 Å². The molecule has 0 fully saturated rings. The topological polar surface area (TPSA) is 21.3 Å². The fourth-order valence-corrected chi connectivity index (χ4v) is 5.90. The SMILES string of the molecule is CC1(C)C2=CC(Nc3cccc4c3[C@H]3CCC=CC3O4)=CCC2c2ccccc21. The van der Waals surface area contributed by atoms with Gasteiger partial charge >= 0.3 is 0 Å². The number of benzene rings is 2. The van der Waals surface area contributed by atoms with Gasteiger partial charge in [0.2, 0.25) is 0 Å². The number of allylic oxidation sites excluding steroid dienone is 4. The van der Waals surface area contributed by atoms with Gasteiger partial charge in [-0.05, 0) is 54.7 Å². The summed E-state index contributed by atoms with van der Waals surface area (Å²) in [6.45, 7) is 4.74. The van der Waals surface area contributed by atoms with Gasteiger partial charge in [0.25, 0.3) is 0 Å². The smallest absolute Gasteiger partial charge is 0.125 e. The molecule has 0 saturated carbocycles. The maximum atomic E-state index is 6.22. The molecule has 29 heavy (non-hydrogen) atoms. The van der Waals surface area contributed by atoms with E-state index in [0.29, 0.717) is 11.8 Å². The molecule has 0 saturated heterocycles. The second-order valence-electron chi connectivity index (χ2n) is 9.30. The van der Waals surface area contributed by atoms with E-state index in [1.54, 1.807) is 0 Å². The average molecular weight is 382 g/mol. The molecule has 1 heterocycles. The molecule has 0 amide bonds. The second kappa shape index (κ2) is 6.13. The molecular formula is C27H27NO. The molecule has 2 nitrogen and oxygen atoms in total. The normalized spacial score (nSPS) is 27.7. The molecule has 2 aromatic carbocycles. The molecule has 2 unspecified atom stereocenters. The minimum atomic E-state index is 0.0868. The first kappa shape index (κ1) is 17.1. The molecule has 2 heteroatoms. The van der Waals surface area contributed by atoms with E-state index in [1.807, 2.05) is 0 Å². The molecule has 6 rings (SSSR count). The van der Waals surface area contributed by atoms with Crippen molar-refractivity contribution >= 4 is 5.69 Å². The Morgan fingerprint density at radius 3 is 2.90 bits per heavy atom. The quantitative estimate of drug-likeness (QED) is 0.593. The van der Waals surface area contributed by atoms with Crippen molar-refractivity contribution in [1.29, 1.82) is 0 Å². The lowest BCUT2D eigenvalue weighted by Crippen LogP contribution is -2.20. The first-order valence-electron chi connectivity index (χ1n) is 10.9. The fourth-order valence-electron chi connectivity index (χ4n) is 5.90. The Labute approximate surface area is 173 Å². The summed E-state index contributed by atoms with van der Waals surface area (Å²) in [6, 6.07) is 15.4. The van der Waals surface area contributed by atoms with Crippen LogP contribution in [0.3, 0.4) is 0 Å². The third-order valence-electron chi connectivity index (χ3n) is 7.34. The van der Waals surface area contributed by atoms with E-state index in [9.17, 15) is 0 Å². The molecule has 3 aliphatic carbocycles. The molecule has 0 aromatic heterocycles. The monoisotopic (exact) mass is 381 g/mol. The van der Waals surface area contributed by atoms with Gasteiger partial charge in [0, 0.05) is 34.2 Å². The summed E-state index contributed by atoms with van der Waals surface area (Å²) in [5, 5.41) is 3.77. The lowest BCUT2D eigenvalue weighted by Gasteiger charge is -2.28. The van der Waals surface area contributed by atoms with Gasteiger partial charge in [0.1, 0.15) is 11.9 Å². The molecule has 4 aliphatic rings. The van der Waals surface area contributed by atoms with E-state index >= 15 is 0 Å². The minimum Gasteiger partial charge on any atom is -0.485 e. The van der Waals surface area contributed by atoms with Crippen LogP contribution in [0.2, 0.25) is 0 Å². The van der Waals surface area contributed by atoms with E-state index in [4.69, 9.17) is 4.74 Å². The van der Waals surface area contributed by atoms with Crippen LogP contribution in [0, 0.1) is 0 Å². The first-order valence-corrected chi connectivity index (χ1v) is 10.9. The Morgan fingerprint density at radius 2 is 1.97 bits per heavy atom. The Hall–Kier alpha value is -2.74. The summed E-state index contributed by atoms with van der Waals surface area (Å²) in [5.74, 6) is 2.03. The van der Waals surface area contributed by atoms with Crippen LogP contribution in [0.15, 0.2) is 78.0 Å².